The maximum absolute atomic E-state index is 12.3. The highest BCUT2D eigenvalue weighted by atomic mass is 32.2. The smallest absolute Gasteiger partial charge is 0.288 e. The van der Waals surface area contributed by atoms with Crippen molar-refractivity contribution in [1.29, 1.82) is 0 Å². The number of anilines is 1. The Kier molecular flexibility index (Phi) is 7.46. The van der Waals surface area contributed by atoms with Crippen LogP contribution in [0.15, 0.2) is 47.4 Å². The number of rotatable bonds is 7. The molecule has 0 aliphatic carbocycles. The fourth-order valence-electron chi connectivity index (χ4n) is 2.31. The molecule has 0 aromatic heterocycles. The standard InChI is InChI=1S/C18H20F2N2OS2/c1-12-3-8-16(23-2)13(11-12)9-10-21-18(24)22-14-4-6-15(7-5-14)25-17(19)20/h3-8,11,17H,9-10H2,1-2H3,(H2,21,22,24). The molecule has 0 radical (unpaired) electrons. The first-order chi connectivity index (χ1) is 12.0. The topological polar surface area (TPSA) is 33.3 Å². The minimum absolute atomic E-state index is 0.487. The number of hydrogen-bond donors (Lipinski definition) is 2. The molecule has 3 nitrogen and oxygen atoms in total. The van der Waals surface area contributed by atoms with Gasteiger partial charge in [0.15, 0.2) is 5.11 Å². The number of thiocarbonyl (C=S) groups is 1. The fourth-order valence-corrected chi connectivity index (χ4v) is 3.03. The van der Waals surface area contributed by atoms with E-state index in [4.69, 9.17) is 17.0 Å². The predicted molar refractivity (Wildman–Crippen MR) is 104 cm³/mol. The molecule has 0 heterocycles. The maximum Gasteiger partial charge on any atom is 0.288 e. The van der Waals surface area contributed by atoms with Gasteiger partial charge in [0, 0.05) is 17.1 Å². The van der Waals surface area contributed by atoms with Crippen LogP contribution in [0.5, 0.6) is 5.75 Å². The average molecular weight is 383 g/mol. The van der Waals surface area contributed by atoms with Gasteiger partial charge in [-0.1, -0.05) is 29.5 Å². The molecule has 0 saturated carbocycles. The number of nitrogens with one attached hydrogen (secondary N) is 2. The number of methoxy groups -OCH3 is 1. The molecule has 0 amide bonds. The predicted octanol–water partition coefficient (Wildman–Crippen LogP) is 4.85. The molecule has 0 atom stereocenters. The zero-order valence-corrected chi connectivity index (χ0v) is 15.6. The summed E-state index contributed by atoms with van der Waals surface area (Å²) in [7, 11) is 1.66. The molecular weight excluding hydrogens is 362 g/mol. The van der Waals surface area contributed by atoms with E-state index in [1.165, 1.54) is 5.56 Å². The zero-order valence-electron chi connectivity index (χ0n) is 14.0. The summed E-state index contributed by atoms with van der Waals surface area (Å²) < 4.78 is 30.0. The summed E-state index contributed by atoms with van der Waals surface area (Å²) in [5.41, 5.74) is 3.05. The molecule has 2 aromatic rings. The normalized spacial score (nSPS) is 10.6. The molecule has 7 heteroatoms. The van der Waals surface area contributed by atoms with Crippen molar-refractivity contribution in [3.05, 3.63) is 53.6 Å². The summed E-state index contributed by atoms with van der Waals surface area (Å²) in [4.78, 5) is 0.519. The zero-order chi connectivity index (χ0) is 18.2. The third-order valence-corrected chi connectivity index (χ3v) is 4.42. The molecule has 0 unspecified atom stereocenters. The van der Waals surface area contributed by atoms with Crippen LogP contribution in [0.2, 0.25) is 0 Å². The monoisotopic (exact) mass is 382 g/mol. The Labute approximate surface area is 156 Å². The van der Waals surface area contributed by atoms with Crippen molar-refractivity contribution in [1.82, 2.24) is 5.32 Å². The van der Waals surface area contributed by atoms with Crippen LogP contribution in [-0.4, -0.2) is 24.5 Å². The Morgan fingerprint density at radius 3 is 2.56 bits per heavy atom. The van der Waals surface area contributed by atoms with Gasteiger partial charge in [0.2, 0.25) is 0 Å². The number of alkyl halides is 2. The maximum atomic E-state index is 12.3. The summed E-state index contributed by atoms with van der Waals surface area (Å²) in [5, 5.41) is 6.66. The minimum atomic E-state index is -2.42. The van der Waals surface area contributed by atoms with Crippen LogP contribution in [0.4, 0.5) is 14.5 Å². The van der Waals surface area contributed by atoms with E-state index in [2.05, 4.69) is 16.7 Å². The third kappa shape index (κ3) is 6.51. The van der Waals surface area contributed by atoms with Crippen LogP contribution in [0.1, 0.15) is 11.1 Å². The van der Waals surface area contributed by atoms with Crippen LogP contribution in [0.3, 0.4) is 0 Å². The second kappa shape index (κ2) is 9.58. The van der Waals surface area contributed by atoms with Crippen molar-refractivity contribution in [2.75, 3.05) is 19.0 Å². The van der Waals surface area contributed by atoms with E-state index in [1.807, 2.05) is 19.1 Å². The molecule has 2 N–H and O–H groups in total. The first kappa shape index (κ1) is 19.5. The molecule has 25 heavy (non-hydrogen) atoms. The van der Waals surface area contributed by atoms with Crippen LogP contribution in [0.25, 0.3) is 0 Å². The van der Waals surface area contributed by atoms with Gasteiger partial charge in [-0.2, -0.15) is 8.78 Å². The second-order valence-corrected chi connectivity index (χ2v) is 6.82. The van der Waals surface area contributed by atoms with Gasteiger partial charge in [-0.25, -0.2) is 0 Å². The highest BCUT2D eigenvalue weighted by Crippen LogP contribution is 2.26. The Balaban J connectivity index is 1.82. The first-order valence-electron chi connectivity index (χ1n) is 7.71. The molecular formula is C18H20F2N2OS2. The molecule has 0 spiro atoms. The van der Waals surface area contributed by atoms with Gasteiger partial charge < -0.3 is 15.4 Å². The van der Waals surface area contributed by atoms with Gasteiger partial charge in [0.1, 0.15) is 5.75 Å². The number of aryl methyl sites for hydroxylation is 1. The van der Waals surface area contributed by atoms with Crippen molar-refractivity contribution in [3.8, 4) is 5.75 Å². The van der Waals surface area contributed by atoms with Crippen molar-refractivity contribution >= 4 is 34.8 Å². The molecule has 0 aliphatic rings. The summed E-state index contributed by atoms with van der Waals surface area (Å²) in [6, 6.07) is 12.8. The van der Waals surface area contributed by atoms with Gasteiger partial charge in [-0.05, 0) is 61.5 Å². The highest BCUT2D eigenvalue weighted by molar-refractivity contribution is 7.99. The lowest BCUT2D eigenvalue weighted by Gasteiger charge is -2.13. The van der Waals surface area contributed by atoms with Crippen LogP contribution in [-0.2, 0) is 6.42 Å². The molecule has 0 saturated heterocycles. The summed E-state index contributed by atoms with van der Waals surface area (Å²) >= 11 is 5.78. The Hall–Kier alpha value is -1.86. The SMILES string of the molecule is COc1ccc(C)cc1CCNC(=S)Nc1ccc(SC(F)F)cc1. The van der Waals surface area contributed by atoms with Crippen molar-refractivity contribution in [3.63, 3.8) is 0 Å². The van der Waals surface area contributed by atoms with Gasteiger partial charge >= 0.3 is 0 Å². The number of halogens is 2. The van der Waals surface area contributed by atoms with Crippen molar-refractivity contribution in [2.24, 2.45) is 0 Å². The lowest BCUT2D eigenvalue weighted by Crippen LogP contribution is -2.30. The molecule has 0 fully saturated rings. The number of benzene rings is 2. The molecule has 0 aliphatic heterocycles. The fraction of sp³-hybridized carbons (Fsp3) is 0.278. The van der Waals surface area contributed by atoms with Crippen molar-refractivity contribution in [2.45, 2.75) is 24.0 Å². The summed E-state index contributed by atoms with van der Waals surface area (Å²) in [6.45, 7) is 2.70. The largest absolute Gasteiger partial charge is 0.496 e. The van der Waals surface area contributed by atoms with Gasteiger partial charge in [0.25, 0.3) is 5.76 Å². The first-order valence-corrected chi connectivity index (χ1v) is 9.00. The lowest BCUT2D eigenvalue weighted by atomic mass is 10.1. The van der Waals surface area contributed by atoms with E-state index >= 15 is 0 Å². The summed E-state index contributed by atoms with van der Waals surface area (Å²) in [6.07, 6.45) is 0.774. The lowest BCUT2D eigenvalue weighted by molar-refractivity contribution is 0.252. The van der Waals surface area contributed by atoms with E-state index in [0.29, 0.717) is 28.3 Å². The van der Waals surface area contributed by atoms with E-state index in [1.54, 1.807) is 31.4 Å². The van der Waals surface area contributed by atoms with E-state index in [9.17, 15) is 8.78 Å². The number of thioether (sulfide) groups is 1. The van der Waals surface area contributed by atoms with Gasteiger partial charge in [-0.3, -0.25) is 0 Å². The second-order valence-electron chi connectivity index (χ2n) is 5.35. The van der Waals surface area contributed by atoms with Gasteiger partial charge in [0.05, 0.1) is 7.11 Å². The molecule has 134 valence electrons. The Morgan fingerprint density at radius 2 is 1.92 bits per heavy atom. The Morgan fingerprint density at radius 1 is 1.20 bits per heavy atom. The number of ether oxygens (including phenoxy) is 1. The van der Waals surface area contributed by atoms with Crippen LogP contribution < -0.4 is 15.4 Å². The van der Waals surface area contributed by atoms with E-state index in [-0.39, 0.29) is 0 Å². The quantitative estimate of drug-likeness (QED) is 0.529. The van der Waals surface area contributed by atoms with Crippen LogP contribution in [0, 0.1) is 6.92 Å². The molecule has 2 rings (SSSR count). The van der Waals surface area contributed by atoms with Gasteiger partial charge in [-0.15, -0.1) is 0 Å². The average Bonchev–Trinajstić information content (AvgIpc) is 2.56. The molecule has 2 aromatic carbocycles. The third-order valence-electron chi connectivity index (χ3n) is 3.45. The Bertz CT molecular complexity index is 709. The van der Waals surface area contributed by atoms with Crippen molar-refractivity contribution < 1.29 is 13.5 Å². The highest BCUT2D eigenvalue weighted by Gasteiger charge is 2.06. The summed E-state index contributed by atoms with van der Waals surface area (Å²) in [5.74, 6) is -1.56. The molecule has 0 bridgehead atoms. The minimum Gasteiger partial charge on any atom is -0.496 e. The van der Waals surface area contributed by atoms with E-state index < -0.39 is 5.76 Å². The number of hydrogen-bond acceptors (Lipinski definition) is 3. The van der Waals surface area contributed by atoms with E-state index in [0.717, 1.165) is 23.4 Å². The van der Waals surface area contributed by atoms with Crippen LogP contribution >= 0.6 is 24.0 Å².